The van der Waals surface area contributed by atoms with E-state index in [1.807, 2.05) is 29.2 Å². The normalized spacial score (nSPS) is 34.0. The fraction of sp³-hybridized carbons (Fsp3) is 0.333. The Morgan fingerprint density at radius 1 is 1.09 bits per heavy atom. The van der Waals surface area contributed by atoms with E-state index in [1.165, 1.54) is 4.57 Å². The van der Waals surface area contributed by atoms with Gasteiger partial charge >= 0.3 is 0 Å². The van der Waals surface area contributed by atoms with E-state index in [0.29, 0.717) is 28.0 Å². The maximum Gasteiger partial charge on any atom is 0.262 e. The average Bonchev–Trinajstić information content (AvgIpc) is 3.21. The average molecular weight is 443 g/mol. The molecule has 5 aliphatic heterocycles. The van der Waals surface area contributed by atoms with E-state index in [4.69, 9.17) is 4.98 Å². The van der Waals surface area contributed by atoms with Crippen molar-refractivity contribution in [3.05, 3.63) is 70.3 Å². The second-order valence-electron chi connectivity index (χ2n) is 9.52. The van der Waals surface area contributed by atoms with Gasteiger partial charge in [0.2, 0.25) is 11.8 Å². The van der Waals surface area contributed by atoms with Crippen molar-refractivity contribution in [3.8, 4) is 0 Å². The van der Waals surface area contributed by atoms with Crippen LogP contribution < -0.4 is 15.8 Å². The van der Waals surface area contributed by atoms with Gasteiger partial charge in [-0.05, 0) is 32.0 Å². The first-order valence-electron chi connectivity index (χ1n) is 11.0. The van der Waals surface area contributed by atoms with E-state index >= 15 is 0 Å². The highest BCUT2D eigenvalue weighted by Crippen LogP contribution is 2.56. The number of amides is 2. The molecule has 2 bridgehead atoms. The lowest BCUT2D eigenvalue weighted by Gasteiger charge is -2.53. The van der Waals surface area contributed by atoms with Crippen molar-refractivity contribution in [2.45, 2.75) is 49.8 Å². The van der Waals surface area contributed by atoms with Crippen molar-refractivity contribution in [1.29, 1.82) is 0 Å². The number of hydrogen-bond acceptors (Lipinski definition) is 6. The zero-order valence-corrected chi connectivity index (χ0v) is 18.0. The number of benzene rings is 2. The van der Waals surface area contributed by atoms with E-state index < -0.39 is 29.5 Å². The molecule has 3 aromatic rings. The van der Waals surface area contributed by atoms with Gasteiger partial charge in [0, 0.05) is 12.0 Å². The van der Waals surface area contributed by atoms with Crippen LogP contribution in [0.1, 0.15) is 37.7 Å². The first kappa shape index (κ1) is 19.0. The Labute approximate surface area is 188 Å². The van der Waals surface area contributed by atoms with Crippen molar-refractivity contribution in [2.24, 2.45) is 0 Å². The molecule has 2 fully saturated rings. The Hall–Kier alpha value is -3.56. The number of aliphatic hydroxyl groups is 1. The summed E-state index contributed by atoms with van der Waals surface area (Å²) in [5.74, 6) is -0.173. The van der Waals surface area contributed by atoms with Crippen LogP contribution in [0.15, 0.2) is 53.3 Å². The van der Waals surface area contributed by atoms with E-state index in [0.717, 1.165) is 0 Å². The molecule has 0 aliphatic carbocycles. The first-order chi connectivity index (χ1) is 15.8. The molecule has 2 saturated heterocycles. The van der Waals surface area contributed by atoms with E-state index in [2.05, 4.69) is 5.32 Å². The van der Waals surface area contributed by atoms with Crippen LogP contribution in [0.4, 0.5) is 5.69 Å². The summed E-state index contributed by atoms with van der Waals surface area (Å²) in [4.78, 5) is 48.9. The molecular formula is C24H21N5O4. The van der Waals surface area contributed by atoms with Crippen molar-refractivity contribution in [3.63, 3.8) is 0 Å². The standard InChI is InChI=1S/C24H21N5O4/c1-12-19(31)28-16-10-6-4-8-14(16)24(33)11-17-18(30)26-23(2,29(12)22(24)28)21-25-15-9-5-3-7-13(15)20(32)27(17)21/h3-10,12,17,22,33H,11H2,1-2H3,(H,26,30)/t12-,17+,22+,23+,24-/m0/s1. The summed E-state index contributed by atoms with van der Waals surface area (Å²) in [5, 5.41) is 15.7. The zero-order valence-electron chi connectivity index (χ0n) is 18.0. The Balaban J connectivity index is 1.61. The van der Waals surface area contributed by atoms with E-state index in [1.54, 1.807) is 43.0 Å². The molecule has 0 unspecified atom stereocenters. The smallest absolute Gasteiger partial charge is 0.262 e. The molecule has 6 heterocycles. The number of carbonyl (C=O) groups excluding carboxylic acids is 2. The van der Waals surface area contributed by atoms with Crippen molar-refractivity contribution >= 4 is 28.4 Å². The number of carbonyl (C=O) groups is 2. The third-order valence-electron chi connectivity index (χ3n) is 7.82. The number of nitrogens with zero attached hydrogens (tertiary/aromatic N) is 4. The van der Waals surface area contributed by atoms with Gasteiger partial charge in [-0.15, -0.1) is 0 Å². The van der Waals surface area contributed by atoms with Crippen LogP contribution in [0.2, 0.25) is 0 Å². The van der Waals surface area contributed by atoms with Crippen LogP contribution in [0.25, 0.3) is 10.9 Å². The van der Waals surface area contributed by atoms with Gasteiger partial charge in [0.15, 0.2) is 11.5 Å². The summed E-state index contributed by atoms with van der Waals surface area (Å²) < 4.78 is 1.43. The lowest BCUT2D eigenvalue weighted by atomic mass is 9.81. The summed E-state index contributed by atoms with van der Waals surface area (Å²) in [6.07, 6.45) is -0.793. The highest BCUT2D eigenvalue weighted by atomic mass is 16.3. The van der Waals surface area contributed by atoms with Crippen LogP contribution in [-0.2, 0) is 20.9 Å². The first-order valence-corrected chi connectivity index (χ1v) is 11.0. The predicted octanol–water partition coefficient (Wildman–Crippen LogP) is 0.908. The maximum absolute atomic E-state index is 13.7. The van der Waals surface area contributed by atoms with Crippen molar-refractivity contribution < 1.29 is 14.7 Å². The van der Waals surface area contributed by atoms with Crippen LogP contribution in [-0.4, -0.2) is 43.6 Å². The van der Waals surface area contributed by atoms with Gasteiger partial charge in [0.1, 0.15) is 17.8 Å². The lowest BCUT2D eigenvalue weighted by Crippen LogP contribution is -2.71. The number of para-hydroxylation sites is 2. The monoisotopic (exact) mass is 443 g/mol. The zero-order chi connectivity index (χ0) is 22.9. The SMILES string of the molecule is C[C@H]1C(=O)N2c3ccccc3[C@@]3(O)C[C@@H]4C(=O)N[C@@](C)(c5nc6ccccc6c(=O)n54)N1[C@@H]23. The van der Waals surface area contributed by atoms with Gasteiger partial charge in [0.05, 0.1) is 22.6 Å². The number of anilines is 1. The summed E-state index contributed by atoms with van der Waals surface area (Å²) in [6.45, 7) is 3.52. The predicted molar refractivity (Wildman–Crippen MR) is 118 cm³/mol. The third-order valence-corrected chi connectivity index (χ3v) is 7.82. The second-order valence-corrected chi connectivity index (χ2v) is 9.52. The van der Waals surface area contributed by atoms with E-state index in [-0.39, 0.29) is 23.8 Å². The minimum absolute atomic E-state index is 0.0590. The molecule has 2 amide bonds. The highest BCUT2D eigenvalue weighted by molar-refractivity contribution is 6.03. The molecule has 1 aromatic heterocycles. The van der Waals surface area contributed by atoms with Gasteiger partial charge in [0.25, 0.3) is 5.56 Å². The van der Waals surface area contributed by atoms with Gasteiger partial charge < -0.3 is 10.4 Å². The molecule has 8 rings (SSSR count). The van der Waals surface area contributed by atoms with Crippen molar-refractivity contribution in [1.82, 2.24) is 19.8 Å². The lowest BCUT2D eigenvalue weighted by molar-refractivity contribution is -0.157. The number of nitrogens with one attached hydrogen (secondary N) is 1. The maximum atomic E-state index is 13.7. The topological polar surface area (TPSA) is 108 Å². The molecule has 5 aliphatic rings. The molecule has 9 nitrogen and oxygen atoms in total. The highest BCUT2D eigenvalue weighted by Gasteiger charge is 2.69. The molecule has 0 spiro atoms. The van der Waals surface area contributed by atoms with Crippen LogP contribution in [0, 0.1) is 0 Å². The Morgan fingerprint density at radius 3 is 2.64 bits per heavy atom. The van der Waals surface area contributed by atoms with Gasteiger partial charge in [-0.25, -0.2) is 9.88 Å². The molecule has 2 aromatic carbocycles. The Bertz CT molecular complexity index is 1480. The number of rotatable bonds is 0. The Kier molecular flexibility index (Phi) is 3.26. The van der Waals surface area contributed by atoms with Crippen LogP contribution >= 0.6 is 0 Å². The summed E-state index contributed by atoms with van der Waals surface area (Å²) in [5.41, 5.74) is -1.41. The van der Waals surface area contributed by atoms with Crippen LogP contribution in [0.5, 0.6) is 0 Å². The number of aromatic nitrogens is 2. The molecule has 9 heteroatoms. The molecule has 33 heavy (non-hydrogen) atoms. The molecule has 0 saturated carbocycles. The minimum atomic E-state index is -1.54. The molecule has 166 valence electrons. The van der Waals surface area contributed by atoms with Crippen molar-refractivity contribution in [2.75, 3.05) is 4.90 Å². The molecular weight excluding hydrogens is 422 g/mol. The summed E-state index contributed by atoms with van der Waals surface area (Å²) >= 11 is 0. The van der Waals surface area contributed by atoms with E-state index in [9.17, 15) is 19.5 Å². The Morgan fingerprint density at radius 2 is 1.82 bits per heavy atom. The van der Waals surface area contributed by atoms with Crippen LogP contribution in [0.3, 0.4) is 0 Å². The van der Waals surface area contributed by atoms with Gasteiger partial charge in [-0.3, -0.25) is 23.9 Å². The second kappa shape index (κ2) is 5.67. The molecule has 2 N–H and O–H groups in total. The third kappa shape index (κ3) is 1.97. The largest absolute Gasteiger partial charge is 0.381 e. The summed E-state index contributed by atoms with van der Waals surface area (Å²) in [6, 6.07) is 12.6. The number of fused-ring (bicyclic) bond motifs is 4. The fourth-order valence-electron chi connectivity index (χ4n) is 6.44. The number of hydrogen-bond donors (Lipinski definition) is 2. The van der Waals surface area contributed by atoms with Gasteiger partial charge in [-0.2, -0.15) is 0 Å². The fourth-order valence-corrected chi connectivity index (χ4v) is 6.44. The molecule has 0 radical (unpaired) electrons. The van der Waals surface area contributed by atoms with Gasteiger partial charge in [-0.1, -0.05) is 30.3 Å². The minimum Gasteiger partial charge on any atom is -0.381 e. The quantitative estimate of drug-likeness (QED) is 0.535. The summed E-state index contributed by atoms with van der Waals surface area (Å²) in [7, 11) is 0. The molecule has 5 atom stereocenters.